The number of aryl methyl sites for hydroxylation is 1. The van der Waals surface area contributed by atoms with Crippen LogP contribution in [0.25, 0.3) is 11.8 Å². The molecule has 2 heterocycles. The minimum atomic E-state index is -0.596. The number of rotatable bonds is 6. The number of thioether (sulfide) groups is 1. The van der Waals surface area contributed by atoms with Crippen molar-refractivity contribution in [3.8, 4) is 5.69 Å². The molecule has 1 aromatic heterocycles. The van der Waals surface area contributed by atoms with Crippen LogP contribution in [-0.2, 0) is 14.3 Å². The van der Waals surface area contributed by atoms with Gasteiger partial charge in [0, 0.05) is 17.1 Å². The smallest absolute Gasteiger partial charge is 0.326 e. The Labute approximate surface area is 187 Å². The summed E-state index contributed by atoms with van der Waals surface area (Å²) in [7, 11) is 0. The van der Waals surface area contributed by atoms with Crippen LogP contribution in [0.2, 0.25) is 0 Å². The van der Waals surface area contributed by atoms with Crippen LogP contribution >= 0.6 is 11.8 Å². The van der Waals surface area contributed by atoms with Crippen molar-refractivity contribution in [1.82, 2.24) is 9.47 Å². The first-order valence-electron chi connectivity index (χ1n) is 10.3. The molecule has 0 aliphatic carbocycles. The van der Waals surface area contributed by atoms with E-state index in [1.165, 1.54) is 5.56 Å². The summed E-state index contributed by atoms with van der Waals surface area (Å²) in [5.74, 6) is -0.603. The largest absolute Gasteiger partial charge is 0.462 e. The lowest BCUT2D eigenvalue weighted by Crippen LogP contribution is -2.35. The molecule has 1 aliphatic heterocycles. The number of carbonyl (C=O) groups excluding carboxylic acids is 3. The monoisotopic (exact) mass is 440 g/mol. The molecule has 1 fully saturated rings. The van der Waals surface area contributed by atoms with Gasteiger partial charge in [0.15, 0.2) is 0 Å². The summed E-state index contributed by atoms with van der Waals surface area (Å²) in [5, 5.41) is -0.463. The molecular weight excluding hydrogens is 412 g/mol. The third-order valence-corrected chi connectivity index (χ3v) is 6.01. The van der Waals surface area contributed by atoms with Gasteiger partial charge in [0.25, 0.3) is 11.1 Å². The molecule has 31 heavy (non-hydrogen) atoms. The average molecular weight is 441 g/mol. The highest BCUT2D eigenvalue weighted by Crippen LogP contribution is 2.34. The number of benzene rings is 1. The summed E-state index contributed by atoms with van der Waals surface area (Å²) in [4.78, 5) is 38.1. The fourth-order valence-electron chi connectivity index (χ4n) is 3.55. The molecule has 6 nitrogen and oxygen atoms in total. The van der Waals surface area contributed by atoms with Gasteiger partial charge in [-0.3, -0.25) is 19.3 Å². The molecule has 1 saturated heterocycles. The van der Waals surface area contributed by atoms with Crippen molar-refractivity contribution in [2.75, 3.05) is 6.54 Å². The van der Waals surface area contributed by atoms with Crippen LogP contribution in [0.15, 0.2) is 35.2 Å². The number of amides is 2. The molecule has 0 unspecified atom stereocenters. The van der Waals surface area contributed by atoms with Crippen molar-refractivity contribution in [1.29, 1.82) is 0 Å². The van der Waals surface area contributed by atoms with E-state index in [9.17, 15) is 14.4 Å². The van der Waals surface area contributed by atoms with Crippen molar-refractivity contribution >= 4 is 35.0 Å². The van der Waals surface area contributed by atoms with E-state index in [1.54, 1.807) is 19.9 Å². The number of esters is 1. The van der Waals surface area contributed by atoms with E-state index in [4.69, 9.17) is 4.74 Å². The molecule has 0 radical (unpaired) electrons. The fourth-order valence-corrected chi connectivity index (χ4v) is 4.38. The van der Waals surface area contributed by atoms with E-state index < -0.39 is 17.1 Å². The Hall–Kier alpha value is -2.80. The molecule has 2 aromatic rings. The number of ether oxygens (including phenoxy) is 1. The lowest BCUT2D eigenvalue weighted by molar-refractivity contribution is -0.149. The number of aromatic nitrogens is 1. The maximum absolute atomic E-state index is 12.7. The van der Waals surface area contributed by atoms with Gasteiger partial charge in [-0.2, -0.15) is 0 Å². The van der Waals surface area contributed by atoms with Gasteiger partial charge < -0.3 is 9.30 Å². The summed E-state index contributed by atoms with van der Waals surface area (Å²) in [6.45, 7) is 11.4. The third-order valence-electron chi connectivity index (χ3n) is 5.10. The van der Waals surface area contributed by atoms with Crippen molar-refractivity contribution in [2.24, 2.45) is 0 Å². The van der Waals surface area contributed by atoms with Crippen LogP contribution in [0.4, 0.5) is 4.79 Å². The SMILES string of the molecule is Cc1cc(/C=C2/SC(=O)N(CC(=O)OC(C)C)C2=O)c(C)n1-c1ccc(C(C)C)cc1. The Balaban J connectivity index is 1.86. The van der Waals surface area contributed by atoms with Crippen molar-refractivity contribution in [2.45, 2.75) is 53.6 Å². The second kappa shape index (κ2) is 9.14. The molecule has 0 saturated carbocycles. The number of carbonyl (C=O) groups is 3. The lowest BCUT2D eigenvalue weighted by atomic mass is 10.0. The zero-order valence-electron chi connectivity index (χ0n) is 18.8. The van der Waals surface area contributed by atoms with Crippen LogP contribution in [0.1, 0.15) is 56.1 Å². The van der Waals surface area contributed by atoms with Gasteiger partial charge in [-0.1, -0.05) is 26.0 Å². The Bertz CT molecular complexity index is 1050. The van der Waals surface area contributed by atoms with Crippen molar-refractivity contribution in [3.05, 3.63) is 57.8 Å². The van der Waals surface area contributed by atoms with E-state index in [2.05, 4.69) is 42.7 Å². The van der Waals surface area contributed by atoms with Gasteiger partial charge in [0.05, 0.1) is 11.0 Å². The average Bonchev–Trinajstić information content (AvgIpc) is 3.11. The Morgan fingerprint density at radius 1 is 1.10 bits per heavy atom. The Morgan fingerprint density at radius 2 is 1.74 bits per heavy atom. The predicted octanol–water partition coefficient (Wildman–Crippen LogP) is 5.21. The second-order valence-electron chi connectivity index (χ2n) is 8.21. The van der Waals surface area contributed by atoms with Crippen LogP contribution in [0.3, 0.4) is 0 Å². The summed E-state index contributed by atoms with van der Waals surface area (Å²) >= 11 is 0.844. The van der Waals surface area contributed by atoms with Crippen LogP contribution in [-0.4, -0.2) is 39.2 Å². The van der Waals surface area contributed by atoms with E-state index in [0.29, 0.717) is 10.8 Å². The van der Waals surface area contributed by atoms with E-state index in [1.807, 2.05) is 19.9 Å². The maximum Gasteiger partial charge on any atom is 0.326 e. The van der Waals surface area contributed by atoms with Gasteiger partial charge in [0.2, 0.25) is 0 Å². The molecule has 1 aliphatic rings. The maximum atomic E-state index is 12.7. The molecule has 164 valence electrons. The summed E-state index contributed by atoms with van der Waals surface area (Å²) < 4.78 is 7.18. The molecule has 1 aromatic carbocycles. The number of hydrogen-bond acceptors (Lipinski definition) is 5. The number of nitrogens with zero attached hydrogens (tertiary/aromatic N) is 2. The lowest BCUT2D eigenvalue weighted by Gasteiger charge is -2.13. The summed E-state index contributed by atoms with van der Waals surface area (Å²) in [5.41, 5.74) is 5.18. The molecular formula is C24H28N2O4S. The topological polar surface area (TPSA) is 68.6 Å². The molecule has 3 rings (SSSR count). The van der Waals surface area contributed by atoms with E-state index in [-0.39, 0.29) is 12.6 Å². The highest BCUT2D eigenvalue weighted by atomic mass is 32.2. The Kier molecular flexibility index (Phi) is 6.74. The van der Waals surface area contributed by atoms with Crippen LogP contribution < -0.4 is 0 Å². The van der Waals surface area contributed by atoms with E-state index >= 15 is 0 Å². The third kappa shape index (κ3) is 4.93. The first-order chi connectivity index (χ1) is 14.6. The molecule has 0 N–H and O–H groups in total. The standard InChI is InChI=1S/C24H28N2O4S/c1-14(2)18-7-9-20(10-8-18)26-16(5)11-19(17(26)6)12-21-23(28)25(24(29)31-21)13-22(27)30-15(3)4/h7-12,14-15H,13H2,1-6H3/b21-12+. The van der Waals surface area contributed by atoms with Gasteiger partial charge >= 0.3 is 5.97 Å². The summed E-state index contributed by atoms with van der Waals surface area (Å²) in [6, 6.07) is 10.4. The quantitative estimate of drug-likeness (QED) is 0.456. The first kappa shape index (κ1) is 22.9. The van der Waals surface area contributed by atoms with Crippen LogP contribution in [0.5, 0.6) is 0 Å². The van der Waals surface area contributed by atoms with Crippen LogP contribution in [0, 0.1) is 13.8 Å². The molecule has 0 spiro atoms. The minimum Gasteiger partial charge on any atom is -0.462 e. The normalized spacial score (nSPS) is 15.6. The zero-order chi connectivity index (χ0) is 22.9. The van der Waals surface area contributed by atoms with Crippen molar-refractivity contribution < 1.29 is 19.1 Å². The number of hydrogen-bond donors (Lipinski definition) is 0. The van der Waals surface area contributed by atoms with Crippen molar-refractivity contribution in [3.63, 3.8) is 0 Å². The fraction of sp³-hybridized carbons (Fsp3) is 0.375. The molecule has 0 atom stereocenters. The van der Waals surface area contributed by atoms with Gasteiger partial charge in [-0.05, 0) is 80.8 Å². The first-order valence-corrected chi connectivity index (χ1v) is 11.1. The van der Waals surface area contributed by atoms with Gasteiger partial charge in [0.1, 0.15) is 6.54 Å². The molecule has 2 amide bonds. The number of imide groups is 1. The highest BCUT2D eigenvalue weighted by molar-refractivity contribution is 8.18. The van der Waals surface area contributed by atoms with Gasteiger partial charge in [-0.15, -0.1) is 0 Å². The molecule has 7 heteroatoms. The second-order valence-corrected chi connectivity index (χ2v) is 9.21. The zero-order valence-corrected chi connectivity index (χ0v) is 19.6. The highest BCUT2D eigenvalue weighted by Gasteiger charge is 2.37. The summed E-state index contributed by atoms with van der Waals surface area (Å²) in [6.07, 6.45) is 1.42. The van der Waals surface area contributed by atoms with E-state index in [0.717, 1.165) is 39.3 Å². The Morgan fingerprint density at radius 3 is 2.32 bits per heavy atom. The molecule has 0 bridgehead atoms. The minimum absolute atomic E-state index is 0.303. The predicted molar refractivity (Wildman–Crippen MR) is 123 cm³/mol. The van der Waals surface area contributed by atoms with Gasteiger partial charge in [-0.25, -0.2) is 0 Å².